The highest BCUT2D eigenvalue weighted by atomic mass is 16.6. The van der Waals surface area contributed by atoms with E-state index < -0.39 is 0 Å². The average molecular weight is 207 g/mol. The molecule has 0 saturated heterocycles. The second kappa shape index (κ2) is 3.74. The maximum absolute atomic E-state index is 5.92. The van der Waals surface area contributed by atoms with Crippen molar-refractivity contribution in [2.45, 2.75) is 26.8 Å². The molecule has 1 aliphatic rings. The number of rotatable bonds is 1. The summed E-state index contributed by atoms with van der Waals surface area (Å²) in [5.41, 5.74) is 9.40. The minimum absolute atomic E-state index is 0.0273. The van der Waals surface area contributed by atoms with Gasteiger partial charge in [0, 0.05) is 6.04 Å². The van der Waals surface area contributed by atoms with Gasteiger partial charge in [-0.2, -0.15) is 0 Å². The third-order valence-electron chi connectivity index (χ3n) is 2.92. The molecule has 1 unspecified atom stereocenters. The summed E-state index contributed by atoms with van der Waals surface area (Å²) < 4.78 is 11.2. The Balaban J connectivity index is 2.57. The minimum Gasteiger partial charge on any atom is -0.486 e. The molecule has 1 aliphatic heterocycles. The monoisotopic (exact) mass is 207 g/mol. The third kappa shape index (κ3) is 1.67. The zero-order valence-electron chi connectivity index (χ0n) is 9.46. The molecule has 1 heterocycles. The molecule has 15 heavy (non-hydrogen) atoms. The van der Waals surface area contributed by atoms with Crippen molar-refractivity contribution in [3.8, 4) is 11.5 Å². The molecule has 0 fully saturated rings. The normalized spacial score (nSPS) is 16.3. The first kappa shape index (κ1) is 10.3. The molecule has 1 aromatic carbocycles. The van der Waals surface area contributed by atoms with Crippen LogP contribution < -0.4 is 15.2 Å². The van der Waals surface area contributed by atoms with E-state index in [-0.39, 0.29) is 6.04 Å². The number of nitrogens with two attached hydrogens (primary N) is 1. The Hall–Kier alpha value is -1.22. The number of fused-ring (bicyclic) bond motifs is 1. The van der Waals surface area contributed by atoms with Crippen LogP contribution >= 0.6 is 0 Å². The summed E-state index contributed by atoms with van der Waals surface area (Å²) in [6.07, 6.45) is 0. The Morgan fingerprint density at radius 2 is 1.87 bits per heavy atom. The maximum atomic E-state index is 5.92. The van der Waals surface area contributed by atoms with Crippen LogP contribution in [-0.2, 0) is 0 Å². The summed E-state index contributed by atoms with van der Waals surface area (Å²) in [4.78, 5) is 0. The van der Waals surface area contributed by atoms with Crippen molar-refractivity contribution in [2.75, 3.05) is 13.2 Å². The molecule has 82 valence electrons. The first-order chi connectivity index (χ1) is 7.11. The van der Waals surface area contributed by atoms with Gasteiger partial charge in [-0.3, -0.25) is 0 Å². The van der Waals surface area contributed by atoms with Gasteiger partial charge in [-0.1, -0.05) is 0 Å². The fraction of sp³-hybridized carbons (Fsp3) is 0.500. The fourth-order valence-corrected chi connectivity index (χ4v) is 1.94. The Labute approximate surface area is 90.2 Å². The van der Waals surface area contributed by atoms with Crippen molar-refractivity contribution < 1.29 is 9.47 Å². The average Bonchev–Trinajstić information content (AvgIpc) is 2.23. The Bertz CT molecular complexity index is 386. The van der Waals surface area contributed by atoms with E-state index in [2.05, 4.69) is 13.8 Å². The van der Waals surface area contributed by atoms with Crippen LogP contribution in [0.15, 0.2) is 6.07 Å². The van der Waals surface area contributed by atoms with Gasteiger partial charge in [0.2, 0.25) is 0 Å². The third-order valence-corrected chi connectivity index (χ3v) is 2.92. The lowest BCUT2D eigenvalue weighted by Crippen LogP contribution is -2.18. The molecule has 3 heteroatoms. The zero-order chi connectivity index (χ0) is 11.0. The van der Waals surface area contributed by atoms with Crippen molar-refractivity contribution in [2.24, 2.45) is 5.73 Å². The molecule has 0 amide bonds. The summed E-state index contributed by atoms with van der Waals surface area (Å²) in [6, 6.07) is 2.03. The van der Waals surface area contributed by atoms with E-state index in [0.717, 1.165) is 22.6 Å². The second-order valence-electron chi connectivity index (χ2n) is 4.03. The molecular weight excluding hydrogens is 190 g/mol. The van der Waals surface area contributed by atoms with E-state index in [1.807, 2.05) is 13.0 Å². The second-order valence-corrected chi connectivity index (χ2v) is 4.03. The summed E-state index contributed by atoms with van der Waals surface area (Å²) in [6.45, 7) is 7.36. The van der Waals surface area contributed by atoms with Crippen molar-refractivity contribution in [1.82, 2.24) is 0 Å². The van der Waals surface area contributed by atoms with Gasteiger partial charge in [-0.25, -0.2) is 0 Å². The van der Waals surface area contributed by atoms with Crippen LogP contribution in [0.2, 0.25) is 0 Å². The van der Waals surface area contributed by atoms with E-state index in [4.69, 9.17) is 15.2 Å². The Morgan fingerprint density at radius 3 is 2.53 bits per heavy atom. The van der Waals surface area contributed by atoms with E-state index >= 15 is 0 Å². The molecule has 0 saturated carbocycles. The number of hydrogen-bond acceptors (Lipinski definition) is 3. The van der Waals surface area contributed by atoms with Crippen molar-refractivity contribution >= 4 is 0 Å². The van der Waals surface area contributed by atoms with Crippen LogP contribution in [0.5, 0.6) is 11.5 Å². The number of ether oxygens (including phenoxy) is 2. The molecule has 0 aliphatic carbocycles. The van der Waals surface area contributed by atoms with Crippen LogP contribution in [0.1, 0.15) is 29.7 Å². The van der Waals surface area contributed by atoms with Crippen molar-refractivity contribution in [1.29, 1.82) is 0 Å². The largest absolute Gasteiger partial charge is 0.486 e. The molecule has 0 aromatic heterocycles. The molecule has 1 atom stereocenters. The number of benzene rings is 1. The predicted octanol–water partition coefficient (Wildman–Crippen LogP) is 2.09. The lowest BCUT2D eigenvalue weighted by atomic mass is 9.97. The van der Waals surface area contributed by atoms with Gasteiger partial charge in [0.25, 0.3) is 0 Å². The first-order valence-corrected chi connectivity index (χ1v) is 5.26. The topological polar surface area (TPSA) is 44.5 Å². The van der Waals surface area contributed by atoms with Crippen LogP contribution in [0.3, 0.4) is 0 Å². The van der Waals surface area contributed by atoms with Crippen LogP contribution in [0.4, 0.5) is 0 Å². The molecule has 2 N–H and O–H groups in total. The van der Waals surface area contributed by atoms with E-state index in [0.29, 0.717) is 13.2 Å². The van der Waals surface area contributed by atoms with Gasteiger partial charge in [0.15, 0.2) is 11.5 Å². The van der Waals surface area contributed by atoms with E-state index in [9.17, 15) is 0 Å². The summed E-state index contributed by atoms with van der Waals surface area (Å²) >= 11 is 0. The summed E-state index contributed by atoms with van der Waals surface area (Å²) in [5.74, 6) is 1.71. The fourth-order valence-electron chi connectivity index (χ4n) is 1.94. The van der Waals surface area contributed by atoms with Crippen LogP contribution in [-0.4, -0.2) is 13.2 Å². The van der Waals surface area contributed by atoms with Crippen LogP contribution in [0.25, 0.3) is 0 Å². The molecule has 0 bridgehead atoms. The standard InChI is InChI=1S/C12H17NO2/c1-7-8(2)12-11(14-4-5-15-12)6-10(7)9(3)13/h6,9H,4-5,13H2,1-3H3. The molecule has 0 spiro atoms. The molecule has 0 radical (unpaired) electrons. The van der Waals surface area contributed by atoms with Gasteiger partial charge in [-0.05, 0) is 43.5 Å². The van der Waals surface area contributed by atoms with Gasteiger partial charge in [-0.15, -0.1) is 0 Å². The molecule has 1 aromatic rings. The first-order valence-electron chi connectivity index (χ1n) is 5.26. The minimum atomic E-state index is 0.0273. The molecule has 2 rings (SSSR count). The highest BCUT2D eigenvalue weighted by molar-refractivity contribution is 5.54. The SMILES string of the molecule is Cc1c(C(C)N)cc2c(c1C)OCCO2. The smallest absolute Gasteiger partial charge is 0.164 e. The zero-order valence-corrected chi connectivity index (χ0v) is 9.46. The van der Waals surface area contributed by atoms with Crippen LogP contribution in [0, 0.1) is 13.8 Å². The highest BCUT2D eigenvalue weighted by Gasteiger charge is 2.19. The van der Waals surface area contributed by atoms with E-state index in [1.54, 1.807) is 0 Å². The van der Waals surface area contributed by atoms with E-state index in [1.165, 1.54) is 5.56 Å². The molecule has 3 nitrogen and oxygen atoms in total. The van der Waals surface area contributed by atoms with Crippen molar-refractivity contribution in [3.05, 3.63) is 22.8 Å². The molecular formula is C12H17NO2. The Kier molecular flexibility index (Phi) is 2.57. The Morgan fingerprint density at radius 1 is 1.20 bits per heavy atom. The summed E-state index contributed by atoms with van der Waals surface area (Å²) in [5, 5.41) is 0. The van der Waals surface area contributed by atoms with Gasteiger partial charge in [0.05, 0.1) is 0 Å². The van der Waals surface area contributed by atoms with Gasteiger partial charge >= 0.3 is 0 Å². The highest BCUT2D eigenvalue weighted by Crippen LogP contribution is 2.38. The lowest BCUT2D eigenvalue weighted by Gasteiger charge is -2.24. The maximum Gasteiger partial charge on any atom is 0.164 e. The van der Waals surface area contributed by atoms with Gasteiger partial charge in [0.1, 0.15) is 13.2 Å². The number of hydrogen-bond donors (Lipinski definition) is 1. The lowest BCUT2D eigenvalue weighted by molar-refractivity contribution is 0.170. The predicted molar refractivity (Wildman–Crippen MR) is 59.5 cm³/mol. The quantitative estimate of drug-likeness (QED) is 0.767. The summed E-state index contributed by atoms with van der Waals surface area (Å²) in [7, 11) is 0. The van der Waals surface area contributed by atoms with Gasteiger partial charge < -0.3 is 15.2 Å². The van der Waals surface area contributed by atoms with Crippen molar-refractivity contribution in [3.63, 3.8) is 0 Å².